The zero-order valence-corrected chi connectivity index (χ0v) is 13.5. The molecule has 0 aromatic rings. The SMILES string of the molecule is CC(C)=C/C=C/C(C)(C)C(C=C(C)C)C=C(C)C. The van der Waals surface area contributed by atoms with Crippen LogP contribution < -0.4 is 0 Å². The molecule has 0 aromatic carbocycles. The van der Waals surface area contributed by atoms with Crippen LogP contribution in [0.5, 0.6) is 0 Å². The molecule has 18 heavy (non-hydrogen) atoms. The van der Waals surface area contributed by atoms with Crippen LogP contribution in [0.15, 0.2) is 47.1 Å². The minimum absolute atomic E-state index is 0.139. The van der Waals surface area contributed by atoms with Crippen LogP contribution in [0.25, 0.3) is 0 Å². The van der Waals surface area contributed by atoms with Gasteiger partial charge in [-0.2, -0.15) is 0 Å². The molecule has 0 atom stereocenters. The maximum atomic E-state index is 2.36. The largest absolute Gasteiger partial charge is 0.0798 e. The fourth-order valence-corrected chi connectivity index (χ4v) is 1.80. The summed E-state index contributed by atoms with van der Waals surface area (Å²) in [4.78, 5) is 0. The Bertz CT molecular complexity index is 343. The van der Waals surface area contributed by atoms with Gasteiger partial charge in [0.2, 0.25) is 0 Å². The first-order valence-corrected chi connectivity index (χ1v) is 6.78. The van der Waals surface area contributed by atoms with Crippen molar-refractivity contribution in [3.8, 4) is 0 Å². The topological polar surface area (TPSA) is 0 Å². The molecular formula is C18H30. The number of allylic oxidation sites excluding steroid dienone is 8. The van der Waals surface area contributed by atoms with Crippen LogP contribution in [0.3, 0.4) is 0 Å². The lowest BCUT2D eigenvalue weighted by atomic mass is 9.77. The normalized spacial score (nSPS) is 11.6. The highest BCUT2D eigenvalue weighted by Gasteiger charge is 2.22. The Morgan fingerprint density at radius 2 is 1.22 bits per heavy atom. The quantitative estimate of drug-likeness (QED) is 0.407. The summed E-state index contributed by atoms with van der Waals surface area (Å²) in [5, 5.41) is 0. The van der Waals surface area contributed by atoms with Crippen LogP contribution in [-0.2, 0) is 0 Å². The van der Waals surface area contributed by atoms with E-state index in [1.807, 2.05) is 0 Å². The van der Waals surface area contributed by atoms with Crippen LogP contribution in [0.1, 0.15) is 55.4 Å². The summed E-state index contributed by atoms with van der Waals surface area (Å²) < 4.78 is 0. The molecule has 0 saturated carbocycles. The maximum absolute atomic E-state index is 2.36. The first-order chi connectivity index (χ1) is 8.15. The summed E-state index contributed by atoms with van der Waals surface area (Å²) in [5.74, 6) is 0.453. The average Bonchev–Trinajstić information content (AvgIpc) is 2.13. The summed E-state index contributed by atoms with van der Waals surface area (Å²) in [7, 11) is 0. The van der Waals surface area contributed by atoms with Gasteiger partial charge in [0.25, 0.3) is 0 Å². The van der Waals surface area contributed by atoms with Gasteiger partial charge in [-0.15, -0.1) is 0 Å². The van der Waals surface area contributed by atoms with Crippen molar-refractivity contribution in [2.75, 3.05) is 0 Å². The van der Waals surface area contributed by atoms with Gasteiger partial charge in [-0.3, -0.25) is 0 Å². The molecule has 0 N–H and O–H groups in total. The van der Waals surface area contributed by atoms with Crippen molar-refractivity contribution in [2.45, 2.75) is 55.4 Å². The lowest BCUT2D eigenvalue weighted by Crippen LogP contribution is -2.18. The first-order valence-electron chi connectivity index (χ1n) is 6.78. The molecule has 102 valence electrons. The van der Waals surface area contributed by atoms with Crippen molar-refractivity contribution in [2.24, 2.45) is 11.3 Å². The Morgan fingerprint density at radius 3 is 1.56 bits per heavy atom. The third-order valence-corrected chi connectivity index (χ3v) is 2.84. The van der Waals surface area contributed by atoms with E-state index in [4.69, 9.17) is 0 Å². The second-order valence-electron chi connectivity index (χ2n) is 6.44. The predicted octanol–water partition coefficient (Wildman–Crippen LogP) is 6.08. The summed E-state index contributed by atoms with van der Waals surface area (Å²) in [6, 6.07) is 0. The highest BCUT2D eigenvalue weighted by atomic mass is 14.3. The highest BCUT2D eigenvalue weighted by molar-refractivity contribution is 5.19. The van der Waals surface area contributed by atoms with E-state index in [1.54, 1.807) is 0 Å². The lowest BCUT2D eigenvalue weighted by molar-refractivity contribution is 0.399. The third kappa shape index (κ3) is 7.32. The van der Waals surface area contributed by atoms with Crippen LogP contribution >= 0.6 is 0 Å². The highest BCUT2D eigenvalue weighted by Crippen LogP contribution is 2.32. The van der Waals surface area contributed by atoms with E-state index in [2.05, 4.69) is 85.8 Å². The molecule has 0 aromatic heterocycles. The smallest absolute Gasteiger partial charge is 0.00374 e. The van der Waals surface area contributed by atoms with E-state index in [0.29, 0.717) is 5.92 Å². The minimum atomic E-state index is 0.139. The molecular weight excluding hydrogens is 216 g/mol. The van der Waals surface area contributed by atoms with Crippen molar-refractivity contribution in [1.29, 1.82) is 0 Å². The van der Waals surface area contributed by atoms with Crippen molar-refractivity contribution >= 4 is 0 Å². The Morgan fingerprint density at radius 1 is 0.778 bits per heavy atom. The van der Waals surface area contributed by atoms with E-state index >= 15 is 0 Å². The fraction of sp³-hybridized carbons (Fsp3) is 0.556. The molecule has 0 radical (unpaired) electrons. The zero-order chi connectivity index (χ0) is 14.3. The summed E-state index contributed by atoms with van der Waals surface area (Å²) >= 11 is 0. The van der Waals surface area contributed by atoms with Gasteiger partial charge in [-0.1, -0.05) is 60.9 Å². The van der Waals surface area contributed by atoms with Gasteiger partial charge in [-0.25, -0.2) is 0 Å². The molecule has 0 saturated heterocycles. The minimum Gasteiger partial charge on any atom is -0.0798 e. The monoisotopic (exact) mass is 246 g/mol. The summed E-state index contributed by atoms with van der Waals surface area (Å²) in [6.45, 7) is 17.5. The van der Waals surface area contributed by atoms with Crippen molar-refractivity contribution in [1.82, 2.24) is 0 Å². The zero-order valence-electron chi connectivity index (χ0n) is 13.5. The van der Waals surface area contributed by atoms with Crippen LogP contribution in [0, 0.1) is 11.3 Å². The molecule has 0 nitrogen and oxygen atoms in total. The van der Waals surface area contributed by atoms with Gasteiger partial charge in [0.1, 0.15) is 0 Å². The standard InChI is InChI=1S/C18H30/c1-14(2)10-9-11-18(7,8)17(12-15(3)4)13-16(5)6/h9-13,17H,1-8H3/b11-9+. The number of hydrogen-bond donors (Lipinski definition) is 0. The van der Waals surface area contributed by atoms with Gasteiger partial charge >= 0.3 is 0 Å². The Hall–Kier alpha value is -1.04. The summed E-state index contributed by atoms with van der Waals surface area (Å²) in [6.07, 6.45) is 11.4. The molecule has 0 unspecified atom stereocenters. The molecule has 0 rings (SSSR count). The first kappa shape index (κ1) is 17.0. The van der Waals surface area contributed by atoms with E-state index < -0.39 is 0 Å². The van der Waals surface area contributed by atoms with Crippen LogP contribution in [0.4, 0.5) is 0 Å². The van der Waals surface area contributed by atoms with Gasteiger partial charge < -0.3 is 0 Å². The van der Waals surface area contributed by atoms with Gasteiger partial charge in [0.15, 0.2) is 0 Å². The second-order valence-corrected chi connectivity index (χ2v) is 6.44. The fourth-order valence-electron chi connectivity index (χ4n) is 1.80. The van der Waals surface area contributed by atoms with Crippen LogP contribution in [0.2, 0.25) is 0 Å². The van der Waals surface area contributed by atoms with E-state index in [-0.39, 0.29) is 5.41 Å². The second kappa shape index (κ2) is 7.41. The van der Waals surface area contributed by atoms with E-state index in [9.17, 15) is 0 Å². The molecule has 0 spiro atoms. The van der Waals surface area contributed by atoms with Crippen molar-refractivity contribution in [3.05, 3.63) is 47.1 Å². The lowest BCUT2D eigenvalue weighted by Gasteiger charge is -2.28. The Balaban J connectivity index is 5.21. The van der Waals surface area contributed by atoms with Gasteiger partial charge in [0, 0.05) is 5.92 Å². The van der Waals surface area contributed by atoms with Gasteiger partial charge in [0.05, 0.1) is 0 Å². The molecule has 0 heterocycles. The van der Waals surface area contributed by atoms with Gasteiger partial charge in [-0.05, 0) is 47.0 Å². The van der Waals surface area contributed by atoms with Crippen molar-refractivity contribution < 1.29 is 0 Å². The molecule has 0 aliphatic heterocycles. The Labute approximate surface area is 114 Å². The molecule has 0 bridgehead atoms. The van der Waals surface area contributed by atoms with E-state index in [1.165, 1.54) is 16.7 Å². The molecule has 0 amide bonds. The number of rotatable bonds is 5. The molecule has 0 fully saturated rings. The van der Waals surface area contributed by atoms with Crippen LogP contribution in [-0.4, -0.2) is 0 Å². The number of hydrogen-bond acceptors (Lipinski definition) is 0. The molecule has 0 heteroatoms. The summed E-state index contributed by atoms with van der Waals surface area (Å²) in [5.41, 5.74) is 4.23. The molecule has 0 aliphatic rings. The maximum Gasteiger partial charge on any atom is 0.00374 e. The molecule has 0 aliphatic carbocycles. The van der Waals surface area contributed by atoms with Crippen molar-refractivity contribution in [3.63, 3.8) is 0 Å². The Kier molecular flexibility index (Phi) is 6.98. The average molecular weight is 246 g/mol. The predicted molar refractivity (Wildman–Crippen MR) is 84.7 cm³/mol. The third-order valence-electron chi connectivity index (χ3n) is 2.84. The van der Waals surface area contributed by atoms with E-state index in [0.717, 1.165) is 0 Å².